The van der Waals surface area contributed by atoms with Crippen molar-refractivity contribution in [3.8, 4) is 0 Å². The lowest BCUT2D eigenvalue weighted by atomic mass is 10.1. The van der Waals surface area contributed by atoms with E-state index >= 15 is 0 Å². The van der Waals surface area contributed by atoms with E-state index in [9.17, 15) is 33.9 Å². The number of imidazole rings is 1. The molecule has 9 N–H and O–H groups in total. The van der Waals surface area contributed by atoms with Crippen molar-refractivity contribution in [3.63, 3.8) is 0 Å². The standard InChI is InChI=1S/C21H31N7O8/c22-12(3-5-16(23)29)18(32)26-13(4-6-17(30)31)20(34)28-7-1-2-15(28)19(33)27-14(21(35)36)8-11-9-24-10-25-11/h9-10,12-15H,1-8,22H2,(H2,23,29)(H,24,25)(H,26,32)(H,27,33)(H,30,31)(H,35,36). The summed E-state index contributed by atoms with van der Waals surface area (Å²) in [6, 6.07) is -4.73. The molecule has 2 heterocycles. The molecule has 2 rings (SSSR count). The molecule has 0 aliphatic carbocycles. The summed E-state index contributed by atoms with van der Waals surface area (Å²) in [7, 11) is 0. The number of aliphatic carboxylic acids is 2. The number of likely N-dealkylation sites (tertiary alicyclic amines) is 1. The highest BCUT2D eigenvalue weighted by molar-refractivity contribution is 5.94. The molecule has 0 saturated carbocycles. The number of carboxylic acids is 2. The van der Waals surface area contributed by atoms with E-state index in [0.29, 0.717) is 12.1 Å². The van der Waals surface area contributed by atoms with Crippen LogP contribution in [0.3, 0.4) is 0 Å². The van der Waals surface area contributed by atoms with E-state index in [1.165, 1.54) is 17.4 Å². The number of nitrogens with one attached hydrogen (secondary N) is 3. The van der Waals surface area contributed by atoms with Gasteiger partial charge in [0.05, 0.1) is 12.4 Å². The number of nitrogens with two attached hydrogens (primary N) is 2. The predicted molar refractivity (Wildman–Crippen MR) is 122 cm³/mol. The molecule has 1 fully saturated rings. The molecule has 1 saturated heterocycles. The van der Waals surface area contributed by atoms with E-state index in [0.717, 1.165) is 0 Å². The van der Waals surface area contributed by atoms with Crippen LogP contribution in [-0.4, -0.2) is 91.4 Å². The number of carboxylic acid groups (broad SMARTS) is 2. The summed E-state index contributed by atoms with van der Waals surface area (Å²) in [5.74, 6) is -5.27. The third kappa shape index (κ3) is 8.33. The number of hydrogen-bond acceptors (Lipinski definition) is 8. The minimum Gasteiger partial charge on any atom is -0.481 e. The maximum atomic E-state index is 13.3. The Morgan fingerprint density at radius 1 is 1.11 bits per heavy atom. The zero-order chi connectivity index (χ0) is 26.8. The van der Waals surface area contributed by atoms with Crippen molar-refractivity contribution >= 4 is 35.6 Å². The molecular weight excluding hydrogens is 478 g/mol. The highest BCUT2D eigenvalue weighted by Crippen LogP contribution is 2.20. The van der Waals surface area contributed by atoms with Gasteiger partial charge in [0.2, 0.25) is 23.6 Å². The first kappa shape index (κ1) is 28.2. The summed E-state index contributed by atoms with van der Waals surface area (Å²) in [4.78, 5) is 80.1. The third-order valence-corrected chi connectivity index (χ3v) is 5.73. The van der Waals surface area contributed by atoms with Gasteiger partial charge in [-0.15, -0.1) is 0 Å². The SMILES string of the molecule is NC(=O)CCC(N)C(=O)NC(CCC(=O)O)C(=O)N1CCCC1C(=O)NC(Cc1cnc[nH]1)C(=O)O. The van der Waals surface area contributed by atoms with Crippen LogP contribution < -0.4 is 22.1 Å². The largest absolute Gasteiger partial charge is 0.481 e. The second kappa shape index (κ2) is 13.2. The molecule has 4 unspecified atom stereocenters. The summed E-state index contributed by atoms with van der Waals surface area (Å²) in [6.07, 6.45) is 2.53. The van der Waals surface area contributed by atoms with Gasteiger partial charge in [-0.05, 0) is 25.7 Å². The van der Waals surface area contributed by atoms with Gasteiger partial charge in [-0.3, -0.25) is 24.0 Å². The normalized spacial score (nSPS) is 17.6. The quantitative estimate of drug-likeness (QED) is 0.138. The van der Waals surface area contributed by atoms with E-state index in [2.05, 4.69) is 20.6 Å². The van der Waals surface area contributed by atoms with Crippen LogP contribution in [0, 0.1) is 0 Å². The van der Waals surface area contributed by atoms with Crippen molar-refractivity contribution in [2.75, 3.05) is 6.54 Å². The molecular formula is C21H31N7O8. The summed E-state index contributed by atoms with van der Waals surface area (Å²) >= 11 is 0. The maximum absolute atomic E-state index is 13.3. The van der Waals surface area contributed by atoms with Gasteiger partial charge in [0.1, 0.15) is 18.1 Å². The summed E-state index contributed by atoms with van der Waals surface area (Å²) in [5.41, 5.74) is 11.3. The summed E-state index contributed by atoms with van der Waals surface area (Å²) in [5, 5.41) is 23.4. The number of amides is 4. The van der Waals surface area contributed by atoms with Crippen LogP contribution in [0.2, 0.25) is 0 Å². The highest BCUT2D eigenvalue weighted by Gasteiger charge is 2.39. The van der Waals surface area contributed by atoms with Crippen molar-refractivity contribution < 1.29 is 39.0 Å². The fourth-order valence-electron chi connectivity index (χ4n) is 3.82. The van der Waals surface area contributed by atoms with Crippen LogP contribution in [0.15, 0.2) is 12.5 Å². The topological polar surface area (TPSA) is 251 Å². The van der Waals surface area contributed by atoms with Crippen LogP contribution in [0.5, 0.6) is 0 Å². The van der Waals surface area contributed by atoms with Gasteiger partial charge < -0.3 is 42.2 Å². The van der Waals surface area contributed by atoms with Crippen LogP contribution in [-0.2, 0) is 35.2 Å². The van der Waals surface area contributed by atoms with Gasteiger partial charge in [-0.2, -0.15) is 0 Å². The molecule has 15 nitrogen and oxygen atoms in total. The summed E-state index contributed by atoms with van der Waals surface area (Å²) in [6.45, 7) is 0.155. The fourth-order valence-corrected chi connectivity index (χ4v) is 3.82. The first-order valence-electron chi connectivity index (χ1n) is 11.4. The number of carbonyl (C=O) groups excluding carboxylic acids is 4. The maximum Gasteiger partial charge on any atom is 0.326 e. The molecule has 0 aromatic carbocycles. The number of hydrogen-bond donors (Lipinski definition) is 7. The molecule has 36 heavy (non-hydrogen) atoms. The predicted octanol–water partition coefficient (Wildman–Crippen LogP) is -2.54. The Morgan fingerprint density at radius 3 is 2.42 bits per heavy atom. The second-order valence-corrected chi connectivity index (χ2v) is 8.48. The zero-order valence-corrected chi connectivity index (χ0v) is 19.5. The highest BCUT2D eigenvalue weighted by atomic mass is 16.4. The van der Waals surface area contributed by atoms with Gasteiger partial charge in [-0.1, -0.05) is 0 Å². The average Bonchev–Trinajstić information content (AvgIpc) is 3.51. The van der Waals surface area contributed by atoms with Crippen molar-refractivity contribution in [3.05, 3.63) is 18.2 Å². The van der Waals surface area contributed by atoms with Crippen LogP contribution >= 0.6 is 0 Å². The Hall–Kier alpha value is -4.01. The minimum atomic E-state index is -1.29. The lowest BCUT2D eigenvalue weighted by Crippen LogP contribution is -2.57. The van der Waals surface area contributed by atoms with Crippen molar-refractivity contribution in [2.45, 2.75) is 69.1 Å². The Kier molecular flexibility index (Phi) is 10.3. The number of aromatic nitrogens is 2. The summed E-state index contributed by atoms with van der Waals surface area (Å²) < 4.78 is 0. The van der Waals surface area contributed by atoms with Gasteiger partial charge in [0.25, 0.3) is 0 Å². The molecule has 1 aliphatic heterocycles. The Morgan fingerprint density at radius 2 is 1.83 bits per heavy atom. The molecule has 0 bridgehead atoms. The first-order chi connectivity index (χ1) is 17.0. The molecule has 15 heteroatoms. The van der Waals surface area contributed by atoms with Crippen LogP contribution in [0.25, 0.3) is 0 Å². The smallest absolute Gasteiger partial charge is 0.326 e. The Bertz CT molecular complexity index is 967. The van der Waals surface area contributed by atoms with E-state index in [1.807, 2.05) is 0 Å². The number of nitrogens with zero attached hydrogens (tertiary/aromatic N) is 2. The molecule has 198 valence electrons. The molecule has 4 amide bonds. The van der Waals surface area contributed by atoms with Crippen LogP contribution in [0.4, 0.5) is 0 Å². The molecule has 1 aliphatic rings. The van der Waals surface area contributed by atoms with Gasteiger partial charge in [0.15, 0.2) is 0 Å². The minimum absolute atomic E-state index is 0.0533. The number of H-pyrrole nitrogens is 1. The van der Waals surface area contributed by atoms with Crippen LogP contribution in [0.1, 0.15) is 44.2 Å². The number of aromatic amines is 1. The first-order valence-corrected chi connectivity index (χ1v) is 11.4. The van der Waals surface area contributed by atoms with Crippen molar-refractivity contribution in [1.29, 1.82) is 0 Å². The lowest BCUT2D eigenvalue weighted by Gasteiger charge is -2.29. The van der Waals surface area contributed by atoms with Gasteiger partial charge in [0, 0.05) is 37.7 Å². The monoisotopic (exact) mass is 509 g/mol. The van der Waals surface area contributed by atoms with Crippen molar-refractivity contribution in [2.24, 2.45) is 11.5 Å². The molecule has 0 spiro atoms. The average molecular weight is 510 g/mol. The molecule has 0 radical (unpaired) electrons. The van der Waals surface area contributed by atoms with E-state index in [4.69, 9.17) is 16.6 Å². The number of carbonyl (C=O) groups is 6. The number of primary amides is 1. The molecule has 4 atom stereocenters. The third-order valence-electron chi connectivity index (χ3n) is 5.73. The molecule has 1 aromatic rings. The van der Waals surface area contributed by atoms with Gasteiger partial charge in [-0.25, -0.2) is 9.78 Å². The molecule has 1 aromatic heterocycles. The Balaban J connectivity index is 2.11. The second-order valence-electron chi connectivity index (χ2n) is 8.48. The Labute approximate surface area is 206 Å². The fraction of sp³-hybridized carbons (Fsp3) is 0.571. The van der Waals surface area contributed by atoms with Crippen molar-refractivity contribution in [1.82, 2.24) is 25.5 Å². The van der Waals surface area contributed by atoms with E-state index in [-0.39, 0.29) is 38.6 Å². The van der Waals surface area contributed by atoms with Gasteiger partial charge >= 0.3 is 11.9 Å². The van der Waals surface area contributed by atoms with E-state index < -0.39 is 66.2 Å². The number of rotatable bonds is 14. The van der Waals surface area contributed by atoms with E-state index in [1.54, 1.807) is 0 Å². The lowest BCUT2D eigenvalue weighted by molar-refractivity contribution is -0.145. The zero-order valence-electron chi connectivity index (χ0n) is 19.5.